The van der Waals surface area contributed by atoms with Gasteiger partial charge in [0, 0.05) is 12.3 Å². The van der Waals surface area contributed by atoms with E-state index in [4.69, 9.17) is 4.99 Å². The lowest BCUT2D eigenvalue weighted by molar-refractivity contribution is 0.504. The SMILES string of the molecule is C1CC/N=C2/CCCCCC2CC1. The van der Waals surface area contributed by atoms with E-state index in [0.29, 0.717) is 0 Å². The molecular formula is C12H21N. The van der Waals surface area contributed by atoms with E-state index in [9.17, 15) is 0 Å². The van der Waals surface area contributed by atoms with Gasteiger partial charge in [0.1, 0.15) is 0 Å². The second-order valence-corrected chi connectivity index (χ2v) is 4.52. The minimum Gasteiger partial charge on any atom is -0.294 e. The van der Waals surface area contributed by atoms with E-state index in [1.54, 1.807) is 5.71 Å². The molecule has 1 aliphatic heterocycles. The highest BCUT2D eigenvalue weighted by Gasteiger charge is 2.19. The third kappa shape index (κ3) is 2.55. The van der Waals surface area contributed by atoms with Gasteiger partial charge in [0.05, 0.1) is 0 Å². The molecule has 74 valence electrons. The summed E-state index contributed by atoms with van der Waals surface area (Å²) in [6.45, 7) is 1.12. The van der Waals surface area contributed by atoms with Crippen LogP contribution in [0.25, 0.3) is 0 Å². The van der Waals surface area contributed by atoms with Crippen LogP contribution in [0.4, 0.5) is 0 Å². The Morgan fingerprint density at radius 1 is 0.846 bits per heavy atom. The lowest BCUT2D eigenvalue weighted by Gasteiger charge is -2.19. The van der Waals surface area contributed by atoms with Crippen molar-refractivity contribution in [2.24, 2.45) is 10.9 Å². The van der Waals surface area contributed by atoms with Crippen LogP contribution in [0.3, 0.4) is 0 Å². The third-order valence-corrected chi connectivity index (χ3v) is 3.48. The van der Waals surface area contributed by atoms with Gasteiger partial charge in [-0.25, -0.2) is 0 Å². The second-order valence-electron chi connectivity index (χ2n) is 4.52. The van der Waals surface area contributed by atoms with E-state index in [1.165, 1.54) is 57.8 Å². The quantitative estimate of drug-likeness (QED) is 0.539. The molecule has 0 aromatic heterocycles. The van der Waals surface area contributed by atoms with Crippen molar-refractivity contribution in [2.45, 2.75) is 57.8 Å². The predicted octanol–water partition coefficient (Wildman–Crippen LogP) is 3.58. The number of fused-ring (bicyclic) bond motifs is 1. The van der Waals surface area contributed by atoms with Gasteiger partial charge in [-0.2, -0.15) is 0 Å². The summed E-state index contributed by atoms with van der Waals surface area (Å²) >= 11 is 0. The highest BCUT2D eigenvalue weighted by atomic mass is 14.7. The summed E-state index contributed by atoms with van der Waals surface area (Å²) < 4.78 is 0. The van der Waals surface area contributed by atoms with Crippen molar-refractivity contribution in [1.29, 1.82) is 0 Å². The minimum absolute atomic E-state index is 0.878. The first kappa shape index (κ1) is 9.23. The fourth-order valence-corrected chi connectivity index (χ4v) is 2.67. The summed E-state index contributed by atoms with van der Waals surface area (Å²) in [5, 5.41) is 0. The molecule has 0 spiro atoms. The number of nitrogens with zero attached hydrogens (tertiary/aromatic N) is 1. The average Bonchev–Trinajstić information content (AvgIpc) is 2.30. The minimum atomic E-state index is 0.878. The molecule has 2 aliphatic rings. The number of rotatable bonds is 0. The molecule has 1 aliphatic carbocycles. The molecule has 1 nitrogen and oxygen atoms in total. The number of hydrogen-bond donors (Lipinski definition) is 0. The Bertz CT molecular complexity index is 184. The van der Waals surface area contributed by atoms with Crippen LogP contribution in [0, 0.1) is 5.92 Å². The van der Waals surface area contributed by atoms with Crippen LogP contribution in [0.1, 0.15) is 57.8 Å². The summed E-state index contributed by atoms with van der Waals surface area (Å²) in [6, 6.07) is 0. The smallest absolute Gasteiger partial charge is 0.0388 e. The molecule has 1 saturated carbocycles. The normalized spacial score (nSPS) is 34.8. The Hall–Kier alpha value is -0.330. The summed E-state index contributed by atoms with van der Waals surface area (Å²) in [5.74, 6) is 0.878. The van der Waals surface area contributed by atoms with E-state index in [1.807, 2.05) is 0 Å². The Morgan fingerprint density at radius 2 is 1.62 bits per heavy atom. The van der Waals surface area contributed by atoms with Crippen molar-refractivity contribution in [3.8, 4) is 0 Å². The van der Waals surface area contributed by atoms with Crippen molar-refractivity contribution < 1.29 is 0 Å². The lowest BCUT2D eigenvalue weighted by atomic mass is 9.91. The molecule has 0 amide bonds. The van der Waals surface area contributed by atoms with Crippen LogP contribution in [0.15, 0.2) is 4.99 Å². The van der Waals surface area contributed by atoms with Crippen LogP contribution in [0.5, 0.6) is 0 Å². The maximum absolute atomic E-state index is 4.78. The highest BCUT2D eigenvalue weighted by molar-refractivity contribution is 5.87. The predicted molar refractivity (Wildman–Crippen MR) is 57.3 cm³/mol. The zero-order valence-corrected chi connectivity index (χ0v) is 8.60. The molecule has 0 N–H and O–H groups in total. The molecule has 1 unspecified atom stereocenters. The van der Waals surface area contributed by atoms with Gasteiger partial charge in [-0.3, -0.25) is 4.99 Å². The summed E-state index contributed by atoms with van der Waals surface area (Å²) in [4.78, 5) is 4.78. The molecule has 0 aromatic carbocycles. The van der Waals surface area contributed by atoms with Gasteiger partial charge >= 0.3 is 0 Å². The van der Waals surface area contributed by atoms with Crippen LogP contribution in [0.2, 0.25) is 0 Å². The average molecular weight is 179 g/mol. The Labute approximate surface area is 81.6 Å². The van der Waals surface area contributed by atoms with Gasteiger partial charge in [0.15, 0.2) is 0 Å². The highest BCUT2D eigenvalue weighted by Crippen LogP contribution is 2.27. The third-order valence-electron chi connectivity index (χ3n) is 3.48. The van der Waals surface area contributed by atoms with Gasteiger partial charge in [0.25, 0.3) is 0 Å². The molecule has 0 aromatic rings. The molecule has 13 heavy (non-hydrogen) atoms. The Morgan fingerprint density at radius 3 is 2.46 bits per heavy atom. The van der Waals surface area contributed by atoms with Crippen molar-refractivity contribution >= 4 is 5.71 Å². The van der Waals surface area contributed by atoms with Gasteiger partial charge in [-0.15, -0.1) is 0 Å². The Balaban J connectivity index is 2.04. The summed E-state index contributed by atoms with van der Waals surface area (Å²) in [7, 11) is 0. The molecule has 2 rings (SSSR count). The molecule has 1 heterocycles. The lowest BCUT2D eigenvalue weighted by Crippen LogP contribution is -2.15. The van der Waals surface area contributed by atoms with E-state index in [2.05, 4.69) is 0 Å². The number of aliphatic imine (C=N–C) groups is 1. The van der Waals surface area contributed by atoms with Crippen molar-refractivity contribution in [2.75, 3.05) is 6.54 Å². The summed E-state index contributed by atoms with van der Waals surface area (Å²) in [5.41, 5.74) is 1.58. The van der Waals surface area contributed by atoms with Crippen LogP contribution >= 0.6 is 0 Å². The first-order valence-corrected chi connectivity index (χ1v) is 6.00. The van der Waals surface area contributed by atoms with Gasteiger partial charge in [-0.1, -0.05) is 25.7 Å². The molecule has 0 bridgehead atoms. The zero-order chi connectivity index (χ0) is 8.93. The van der Waals surface area contributed by atoms with E-state index < -0.39 is 0 Å². The van der Waals surface area contributed by atoms with E-state index in [-0.39, 0.29) is 0 Å². The molecule has 0 radical (unpaired) electrons. The summed E-state index contributed by atoms with van der Waals surface area (Å²) in [6.07, 6.45) is 12.6. The molecule has 1 atom stereocenters. The van der Waals surface area contributed by atoms with Gasteiger partial charge < -0.3 is 0 Å². The number of hydrogen-bond acceptors (Lipinski definition) is 1. The first-order chi connectivity index (χ1) is 6.47. The maximum atomic E-state index is 4.78. The molecule has 1 heteroatoms. The van der Waals surface area contributed by atoms with Crippen LogP contribution in [-0.2, 0) is 0 Å². The molecule has 1 fully saturated rings. The first-order valence-electron chi connectivity index (χ1n) is 6.00. The van der Waals surface area contributed by atoms with Crippen LogP contribution < -0.4 is 0 Å². The Kier molecular flexibility index (Phi) is 3.40. The fraction of sp³-hybridized carbons (Fsp3) is 0.917. The van der Waals surface area contributed by atoms with Crippen LogP contribution in [-0.4, -0.2) is 12.3 Å². The maximum Gasteiger partial charge on any atom is 0.0388 e. The topological polar surface area (TPSA) is 12.4 Å². The molecular weight excluding hydrogens is 158 g/mol. The van der Waals surface area contributed by atoms with Gasteiger partial charge in [-0.05, 0) is 38.0 Å². The zero-order valence-electron chi connectivity index (χ0n) is 8.60. The largest absolute Gasteiger partial charge is 0.294 e. The van der Waals surface area contributed by atoms with Gasteiger partial charge in [0.2, 0.25) is 0 Å². The van der Waals surface area contributed by atoms with Crippen molar-refractivity contribution in [1.82, 2.24) is 0 Å². The van der Waals surface area contributed by atoms with E-state index in [0.717, 1.165) is 12.5 Å². The second kappa shape index (κ2) is 4.78. The monoisotopic (exact) mass is 179 g/mol. The van der Waals surface area contributed by atoms with Crippen molar-refractivity contribution in [3.05, 3.63) is 0 Å². The standard InChI is InChI=1S/C12H21N/c1-3-7-11-8-4-2-6-10-13-12(11)9-5-1/h11H,1-10H2/b13-12-. The molecule has 0 saturated heterocycles. The van der Waals surface area contributed by atoms with Crippen molar-refractivity contribution in [3.63, 3.8) is 0 Å². The fourth-order valence-electron chi connectivity index (χ4n) is 2.67. The van der Waals surface area contributed by atoms with E-state index >= 15 is 0 Å².